The fourth-order valence-corrected chi connectivity index (χ4v) is 2.70. The maximum Gasteiger partial charge on any atom is 0.254 e. The topological polar surface area (TPSA) is 55.6 Å². The molecule has 1 saturated heterocycles. The molecule has 18 heavy (non-hydrogen) atoms. The van der Waals surface area contributed by atoms with Gasteiger partial charge in [0.15, 0.2) is 0 Å². The van der Waals surface area contributed by atoms with E-state index in [4.69, 9.17) is 5.90 Å². The number of halogens is 1. The first-order chi connectivity index (χ1) is 8.72. The van der Waals surface area contributed by atoms with Crippen molar-refractivity contribution in [2.45, 2.75) is 12.8 Å². The van der Waals surface area contributed by atoms with Crippen LogP contribution in [0.25, 0.3) is 0 Å². The molecule has 0 spiro atoms. The highest BCUT2D eigenvalue weighted by Crippen LogP contribution is 2.22. The van der Waals surface area contributed by atoms with Gasteiger partial charge in [-0.05, 0) is 46.8 Å². The van der Waals surface area contributed by atoms with Crippen LogP contribution in [-0.2, 0) is 4.84 Å². The molecule has 0 aromatic heterocycles. The number of nitrogens with two attached hydrogens (primary N) is 1. The van der Waals surface area contributed by atoms with Crippen molar-refractivity contribution in [3.63, 3.8) is 0 Å². The average Bonchev–Trinajstić information content (AvgIpc) is 2.40. The van der Waals surface area contributed by atoms with Crippen molar-refractivity contribution in [1.29, 1.82) is 0 Å². The Balaban J connectivity index is 1.98. The van der Waals surface area contributed by atoms with Gasteiger partial charge in [0.05, 0.1) is 12.2 Å². The molecular formula is C13H17BrN2O2. The van der Waals surface area contributed by atoms with Crippen LogP contribution in [0.1, 0.15) is 23.2 Å². The van der Waals surface area contributed by atoms with Gasteiger partial charge in [0.1, 0.15) is 0 Å². The number of amides is 1. The SMILES string of the molecule is NOCC1CCN(C(=O)c2ccccc2Br)CC1. The first-order valence-corrected chi connectivity index (χ1v) is 6.87. The Morgan fingerprint density at radius 2 is 2.06 bits per heavy atom. The van der Waals surface area contributed by atoms with Gasteiger partial charge in [0, 0.05) is 17.6 Å². The van der Waals surface area contributed by atoms with Crippen LogP contribution in [-0.4, -0.2) is 30.5 Å². The van der Waals surface area contributed by atoms with E-state index >= 15 is 0 Å². The second kappa shape index (κ2) is 6.31. The van der Waals surface area contributed by atoms with Crippen molar-refractivity contribution in [3.05, 3.63) is 34.3 Å². The number of hydrogen-bond donors (Lipinski definition) is 1. The van der Waals surface area contributed by atoms with Crippen molar-refractivity contribution in [1.82, 2.24) is 4.90 Å². The number of rotatable bonds is 3. The average molecular weight is 313 g/mol. The Hall–Kier alpha value is -0.910. The molecule has 0 atom stereocenters. The van der Waals surface area contributed by atoms with Crippen LogP contribution in [0.2, 0.25) is 0 Å². The van der Waals surface area contributed by atoms with Crippen LogP contribution < -0.4 is 5.90 Å². The number of benzene rings is 1. The van der Waals surface area contributed by atoms with Crippen LogP contribution >= 0.6 is 15.9 Å². The third-order valence-corrected chi connectivity index (χ3v) is 4.03. The minimum absolute atomic E-state index is 0.0922. The number of nitrogens with zero attached hydrogens (tertiary/aromatic N) is 1. The summed E-state index contributed by atoms with van der Waals surface area (Å²) in [5, 5.41) is 0. The van der Waals surface area contributed by atoms with Gasteiger partial charge in [0.25, 0.3) is 5.91 Å². The third kappa shape index (κ3) is 3.10. The number of carbonyl (C=O) groups excluding carboxylic acids is 1. The van der Waals surface area contributed by atoms with E-state index < -0.39 is 0 Å². The second-order valence-electron chi connectivity index (χ2n) is 4.55. The summed E-state index contributed by atoms with van der Waals surface area (Å²) >= 11 is 3.42. The zero-order valence-electron chi connectivity index (χ0n) is 10.1. The number of piperidine rings is 1. The van der Waals surface area contributed by atoms with Gasteiger partial charge in [-0.2, -0.15) is 0 Å². The normalized spacial score (nSPS) is 16.9. The minimum atomic E-state index is 0.0922. The smallest absolute Gasteiger partial charge is 0.254 e. The fraction of sp³-hybridized carbons (Fsp3) is 0.462. The Bertz CT molecular complexity index is 417. The molecule has 2 N–H and O–H groups in total. The lowest BCUT2D eigenvalue weighted by Crippen LogP contribution is -2.39. The molecule has 0 radical (unpaired) electrons. The maximum absolute atomic E-state index is 12.3. The minimum Gasteiger partial charge on any atom is -0.339 e. The van der Waals surface area contributed by atoms with Gasteiger partial charge < -0.3 is 9.74 Å². The molecule has 0 saturated carbocycles. The van der Waals surface area contributed by atoms with Crippen LogP contribution in [0.3, 0.4) is 0 Å². The highest BCUT2D eigenvalue weighted by atomic mass is 79.9. The lowest BCUT2D eigenvalue weighted by Gasteiger charge is -2.31. The third-order valence-electron chi connectivity index (χ3n) is 3.34. The number of likely N-dealkylation sites (tertiary alicyclic amines) is 1. The van der Waals surface area contributed by atoms with Gasteiger partial charge >= 0.3 is 0 Å². The molecule has 5 heteroatoms. The van der Waals surface area contributed by atoms with Crippen molar-refractivity contribution in [2.24, 2.45) is 11.8 Å². The van der Waals surface area contributed by atoms with Gasteiger partial charge in [-0.3, -0.25) is 4.79 Å². The summed E-state index contributed by atoms with van der Waals surface area (Å²) in [6, 6.07) is 7.53. The lowest BCUT2D eigenvalue weighted by molar-refractivity contribution is 0.0525. The molecule has 1 aliphatic rings. The lowest BCUT2D eigenvalue weighted by atomic mass is 9.97. The first-order valence-electron chi connectivity index (χ1n) is 6.08. The summed E-state index contributed by atoms with van der Waals surface area (Å²) in [6.45, 7) is 2.12. The molecule has 0 aliphatic carbocycles. The summed E-state index contributed by atoms with van der Waals surface area (Å²) in [5.41, 5.74) is 0.728. The first kappa shape index (κ1) is 13.5. The van der Waals surface area contributed by atoms with Crippen molar-refractivity contribution in [2.75, 3.05) is 19.7 Å². The highest BCUT2D eigenvalue weighted by molar-refractivity contribution is 9.10. The molecule has 1 aliphatic heterocycles. The summed E-state index contributed by atoms with van der Waals surface area (Å²) in [5.74, 6) is 5.64. The van der Waals surface area contributed by atoms with Gasteiger partial charge in [-0.15, -0.1) is 0 Å². The van der Waals surface area contributed by atoms with E-state index in [1.54, 1.807) is 0 Å². The molecular weight excluding hydrogens is 296 g/mol. The summed E-state index contributed by atoms with van der Waals surface area (Å²) in [6.07, 6.45) is 1.90. The molecule has 1 aromatic rings. The molecule has 1 amide bonds. The van der Waals surface area contributed by atoms with Crippen LogP contribution in [0, 0.1) is 5.92 Å². The Morgan fingerprint density at radius 1 is 1.39 bits per heavy atom. The second-order valence-corrected chi connectivity index (χ2v) is 5.40. The molecule has 4 nitrogen and oxygen atoms in total. The number of hydrogen-bond acceptors (Lipinski definition) is 3. The van der Waals surface area contributed by atoms with Gasteiger partial charge in [-0.1, -0.05) is 12.1 Å². The van der Waals surface area contributed by atoms with Crippen molar-refractivity contribution >= 4 is 21.8 Å². The Kier molecular flexibility index (Phi) is 4.74. The summed E-state index contributed by atoms with van der Waals surface area (Å²) < 4.78 is 0.849. The molecule has 0 bridgehead atoms. The van der Waals surface area contributed by atoms with Crippen molar-refractivity contribution < 1.29 is 9.63 Å². The maximum atomic E-state index is 12.3. The zero-order valence-corrected chi connectivity index (χ0v) is 11.7. The Morgan fingerprint density at radius 3 is 2.67 bits per heavy atom. The summed E-state index contributed by atoms with van der Waals surface area (Å²) in [4.78, 5) is 18.9. The Labute approximate surface area is 115 Å². The molecule has 0 unspecified atom stereocenters. The predicted octanol–water partition coefficient (Wildman–Crippen LogP) is 2.19. The van der Waals surface area contributed by atoms with E-state index in [0.29, 0.717) is 12.5 Å². The molecule has 1 aromatic carbocycles. The van der Waals surface area contributed by atoms with E-state index in [1.807, 2.05) is 29.2 Å². The van der Waals surface area contributed by atoms with Gasteiger partial charge in [-0.25, -0.2) is 5.90 Å². The molecule has 98 valence electrons. The zero-order chi connectivity index (χ0) is 13.0. The van der Waals surface area contributed by atoms with Crippen LogP contribution in [0.5, 0.6) is 0 Å². The fourth-order valence-electron chi connectivity index (χ4n) is 2.24. The predicted molar refractivity (Wildman–Crippen MR) is 72.9 cm³/mol. The van der Waals surface area contributed by atoms with E-state index in [2.05, 4.69) is 20.8 Å². The summed E-state index contributed by atoms with van der Waals surface area (Å²) in [7, 11) is 0. The standard InChI is InChI=1S/C13H17BrN2O2/c14-12-4-2-1-3-11(12)13(17)16-7-5-10(6-8-16)9-18-15/h1-4,10H,5-9,15H2. The largest absolute Gasteiger partial charge is 0.339 e. The molecule has 2 rings (SSSR count). The quantitative estimate of drug-likeness (QED) is 0.870. The van der Waals surface area contributed by atoms with E-state index in [1.165, 1.54) is 0 Å². The van der Waals surface area contributed by atoms with E-state index in [-0.39, 0.29) is 5.91 Å². The number of carbonyl (C=O) groups is 1. The molecule has 1 heterocycles. The monoisotopic (exact) mass is 312 g/mol. The van der Waals surface area contributed by atoms with E-state index in [9.17, 15) is 4.79 Å². The van der Waals surface area contributed by atoms with Crippen LogP contribution in [0.15, 0.2) is 28.7 Å². The van der Waals surface area contributed by atoms with Crippen molar-refractivity contribution in [3.8, 4) is 0 Å². The van der Waals surface area contributed by atoms with Gasteiger partial charge in [0.2, 0.25) is 0 Å². The van der Waals surface area contributed by atoms with E-state index in [0.717, 1.165) is 36.0 Å². The highest BCUT2D eigenvalue weighted by Gasteiger charge is 2.24. The van der Waals surface area contributed by atoms with Crippen LogP contribution in [0.4, 0.5) is 0 Å². The molecule has 1 fully saturated rings.